The average Bonchev–Trinajstić information content (AvgIpc) is 2.07. The zero-order valence-corrected chi connectivity index (χ0v) is 6.72. The molecule has 0 amide bonds. The molecule has 0 heterocycles. The van der Waals surface area contributed by atoms with E-state index in [1.165, 1.54) is 0 Å². The minimum Gasteiger partial charge on any atom is -0.388 e. The molecule has 3 nitrogen and oxygen atoms in total. The zero-order chi connectivity index (χ0) is 8.10. The summed E-state index contributed by atoms with van der Waals surface area (Å²) in [6.07, 6.45) is 0. The normalized spacial score (nSPS) is 9.27. The summed E-state index contributed by atoms with van der Waals surface area (Å²) in [4.78, 5) is 4.73. The maximum atomic E-state index is 4.73. The van der Waals surface area contributed by atoms with Gasteiger partial charge in [-0.15, -0.1) is 0 Å². The molecule has 3 heteroatoms. The molecule has 0 saturated heterocycles. The third kappa shape index (κ3) is 2.13. The van der Waals surface area contributed by atoms with Gasteiger partial charge < -0.3 is 5.32 Å². The molecule has 0 radical (unpaired) electrons. The van der Waals surface area contributed by atoms with Crippen LogP contribution in [0.3, 0.4) is 0 Å². The first kappa shape index (κ1) is 7.88. The number of benzene rings is 1. The Kier molecular flexibility index (Phi) is 2.74. The van der Waals surface area contributed by atoms with E-state index in [4.69, 9.17) is 4.84 Å². The summed E-state index contributed by atoms with van der Waals surface area (Å²) in [7, 11) is 3.48. The molecule has 1 aromatic carbocycles. The van der Waals surface area contributed by atoms with Gasteiger partial charge >= 0.3 is 0 Å². The summed E-state index contributed by atoms with van der Waals surface area (Å²) in [5.74, 6) is 0. The number of rotatable bonds is 3. The van der Waals surface area contributed by atoms with Crippen LogP contribution in [0, 0.1) is 0 Å². The SMILES string of the molecule is CNc1ccc(NOC)cc1. The summed E-state index contributed by atoms with van der Waals surface area (Å²) < 4.78 is 0. The Hall–Kier alpha value is -1.22. The highest BCUT2D eigenvalue weighted by atomic mass is 16.6. The number of anilines is 2. The molecule has 0 unspecified atom stereocenters. The fourth-order valence-corrected chi connectivity index (χ4v) is 0.823. The predicted octanol–water partition coefficient (Wildman–Crippen LogP) is 1.70. The predicted molar refractivity (Wildman–Crippen MR) is 46.6 cm³/mol. The molecule has 1 rings (SSSR count). The molecule has 0 bridgehead atoms. The highest BCUT2D eigenvalue weighted by Gasteiger charge is 1.89. The summed E-state index contributed by atoms with van der Waals surface area (Å²) >= 11 is 0. The van der Waals surface area contributed by atoms with Crippen LogP contribution in [-0.4, -0.2) is 14.2 Å². The van der Waals surface area contributed by atoms with Crippen LogP contribution in [0.4, 0.5) is 11.4 Å². The lowest BCUT2D eigenvalue weighted by atomic mass is 10.3. The molecule has 0 aliphatic rings. The van der Waals surface area contributed by atoms with Gasteiger partial charge in [-0.2, -0.15) is 0 Å². The summed E-state index contributed by atoms with van der Waals surface area (Å²) in [5.41, 5.74) is 4.77. The van der Waals surface area contributed by atoms with E-state index in [1.807, 2.05) is 31.3 Å². The molecule has 0 aliphatic heterocycles. The monoisotopic (exact) mass is 152 g/mol. The molecule has 0 aromatic heterocycles. The number of hydrogen-bond donors (Lipinski definition) is 2. The molecular weight excluding hydrogens is 140 g/mol. The van der Waals surface area contributed by atoms with Crippen molar-refractivity contribution >= 4 is 11.4 Å². The second kappa shape index (κ2) is 3.83. The minimum absolute atomic E-state index is 0.950. The van der Waals surface area contributed by atoms with Crippen LogP contribution >= 0.6 is 0 Å². The Labute approximate surface area is 66.3 Å². The second-order valence-corrected chi connectivity index (χ2v) is 2.13. The van der Waals surface area contributed by atoms with Crippen molar-refractivity contribution in [3.05, 3.63) is 24.3 Å². The van der Waals surface area contributed by atoms with Crippen LogP contribution in [0.1, 0.15) is 0 Å². The molecule has 0 spiro atoms. The summed E-state index contributed by atoms with van der Waals surface area (Å²) in [6.45, 7) is 0. The van der Waals surface area contributed by atoms with Gasteiger partial charge in [-0.05, 0) is 24.3 Å². The van der Waals surface area contributed by atoms with Gasteiger partial charge in [0.15, 0.2) is 0 Å². The first-order valence-electron chi connectivity index (χ1n) is 3.43. The van der Waals surface area contributed by atoms with Crippen molar-refractivity contribution in [1.82, 2.24) is 0 Å². The minimum atomic E-state index is 0.950. The Bertz CT molecular complexity index is 208. The maximum Gasteiger partial charge on any atom is 0.0636 e. The van der Waals surface area contributed by atoms with Crippen molar-refractivity contribution in [2.24, 2.45) is 0 Å². The van der Waals surface area contributed by atoms with Gasteiger partial charge in [-0.25, -0.2) is 0 Å². The zero-order valence-electron chi connectivity index (χ0n) is 6.72. The van der Waals surface area contributed by atoms with Gasteiger partial charge in [0.05, 0.1) is 12.8 Å². The molecular formula is C8H12N2O. The first-order chi connectivity index (χ1) is 5.36. The highest BCUT2D eigenvalue weighted by Crippen LogP contribution is 2.11. The Balaban J connectivity index is 2.66. The van der Waals surface area contributed by atoms with Crippen molar-refractivity contribution in [3.63, 3.8) is 0 Å². The van der Waals surface area contributed by atoms with E-state index < -0.39 is 0 Å². The maximum absolute atomic E-state index is 4.73. The van der Waals surface area contributed by atoms with Gasteiger partial charge in [0.2, 0.25) is 0 Å². The van der Waals surface area contributed by atoms with E-state index in [0.29, 0.717) is 0 Å². The van der Waals surface area contributed by atoms with E-state index in [9.17, 15) is 0 Å². The second-order valence-electron chi connectivity index (χ2n) is 2.13. The van der Waals surface area contributed by atoms with E-state index in [-0.39, 0.29) is 0 Å². The van der Waals surface area contributed by atoms with Crippen molar-refractivity contribution in [2.75, 3.05) is 25.0 Å². The molecule has 2 N–H and O–H groups in total. The number of hydrogen-bond acceptors (Lipinski definition) is 3. The van der Waals surface area contributed by atoms with Crippen LogP contribution in [-0.2, 0) is 4.84 Å². The molecule has 11 heavy (non-hydrogen) atoms. The van der Waals surface area contributed by atoms with Gasteiger partial charge in [-0.1, -0.05) is 0 Å². The molecule has 0 atom stereocenters. The highest BCUT2D eigenvalue weighted by molar-refractivity contribution is 5.52. The van der Waals surface area contributed by atoms with E-state index >= 15 is 0 Å². The molecule has 0 saturated carbocycles. The topological polar surface area (TPSA) is 33.3 Å². The van der Waals surface area contributed by atoms with Crippen molar-refractivity contribution < 1.29 is 4.84 Å². The van der Waals surface area contributed by atoms with E-state index in [1.54, 1.807) is 7.11 Å². The lowest BCUT2D eigenvalue weighted by Gasteiger charge is -2.03. The van der Waals surface area contributed by atoms with Gasteiger partial charge in [0, 0.05) is 12.7 Å². The lowest BCUT2D eigenvalue weighted by Crippen LogP contribution is -1.95. The third-order valence-electron chi connectivity index (χ3n) is 1.39. The fourth-order valence-electron chi connectivity index (χ4n) is 0.823. The van der Waals surface area contributed by atoms with Crippen LogP contribution in [0.5, 0.6) is 0 Å². The van der Waals surface area contributed by atoms with Crippen molar-refractivity contribution in [1.29, 1.82) is 0 Å². The summed E-state index contributed by atoms with van der Waals surface area (Å²) in [6, 6.07) is 7.83. The molecule has 60 valence electrons. The van der Waals surface area contributed by atoms with Gasteiger partial charge in [0.1, 0.15) is 0 Å². The van der Waals surface area contributed by atoms with Crippen molar-refractivity contribution in [2.45, 2.75) is 0 Å². The molecule has 0 aliphatic carbocycles. The average molecular weight is 152 g/mol. The first-order valence-corrected chi connectivity index (χ1v) is 3.43. The van der Waals surface area contributed by atoms with Gasteiger partial charge in [-0.3, -0.25) is 10.3 Å². The third-order valence-corrected chi connectivity index (χ3v) is 1.39. The Morgan fingerprint density at radius 3 is 2.09 bits per heavy atom. The van der Waals surface area contributed by atoms with Crippen LogP contribution in [0.2, 0.25) is 0 Å². The quantitative estimate of drug-likeness (QED) is 0.647. The largest absolute Gasteiger partial charge is 0.388 e. The number of nitrogens with one attached hydrogen (secondary N) is 2. The summed E-state index contributed by atoms with van der Waals surface area (Å²) in [5, 5.41) is 3.03. The van der Waals surface area contributed by atoms with E-state index in [0.717, 1.165) is 11.4 Å². The van der Waals surface area contributed by atoms with E-state index in [2.05, 4.69) is 10.8 Å². The Morgan fingerprint density at radius 2 is 1.64 bits per heavy atom. The van der Waals surface area contributed by atoms with Crippen LogP contribution < -0.4 is 10.8 Å². The van der Waals surface area contributed by atoms with Crippen LogP contribution in [0.25, 0.3) is 0 Å². The smallest absolute Gasteiger partial charge is 0.0636 e. The molecule has 1 aromatic rings. The lowest BCUT2D eigenvalue weighted by molar-refractivity contribution is 0.271. The van der Waals surface area contributed by atoms with Gasteiger partial charge in [0.25, 0.3) is 0 Å². The van der Waals surface area contributed by atoms with Crippen LogP contribution in [0.15, 0.2) is 24.3 Å². The Morgan fingerprint density at radius 1 is 1.09 bits per heavy atom. The molecule has 0 fully saturated rings. The van der Waals surface area contributed by atoms with Crippen molar-refractivity contribution in [3.8, 4) is 0 Å². The standard InChI is InChI=1S/C8H12N2O/c1-9-7-3-5-8(6-4-7)10-11-2/h3-6,9-10H,1-2H3. The fraction of sp³-hybridized carbons (Fsp3) is 0.250.